The largest absolute Gasteiger partial charge is 0.365 e. The highest BCUT2D eigenvalue weighted by Gasteiger charge is 2.29. The van der Waals surface area contributed by atoms with E-state index in [2.05, 4.69) is 20.8 Å². The van der Waals surface area contributed by atoms with Crippen LogP contribution >= 0.6 is 11.6 Å². The number of anilines is 1. The van der Waals surface area contributed by atoms with Gasteiger partial charge in [0.25, 0.3) is 5.91 Å². The lowest BCUT2D eigenvalue weighted by atomic mass is 10.2. The molecule has 0 saturated carbocycles. The molecule has 1 atom stereocenters. The molecule has 1 amide bonds. The number of nitrogens with one attached hydrogen (secondary N) is 2. The van der Waals surface area contributed by atoms with Crippen LogP contribution in [-0.2, 0) is 16.4 Å². The van der Waals surface area contributed by atoms with Crippen molar-refractivity contribution in [1.29, 1.82) is 0 Å². The number of amides is 1. The highest BCUT2D eigenvalue weighted by atomic mass is 35.5. The SMILES string of the molecule is O=C(NC1CCS(=O)(=O)C1)c1ccc(NCc2ccc(Cl)cc2)nn1. The van der Waals surface area contributed by atoms with Gasteiger partial charge in [0, 0.05) is 17.6 Å². The minimum Gasteiger partial charge on any atom is -0.365 e. The first kappa shape index (κ1) is 17.6. The third-order valence-corrected chi connectivity index (χ3v) is 5.87. The van der Waals surface area contributed by atoms with E-state index in [0.717, 1.165) is 5.56 Å². The average molecular weight is 381 g/mol. The first-order valence-electron chi connectivity index (χ1n) is 7.75. The van der Waals surface area contributed by atoms with Crippen molar-refractivity contribution in [2.45, 2.75) is 19.0 Å². The van der Waals surface area contributed by atoms with Crippen molar-refractivity contribution in [1.82, 2.24) is 15.5 Å². The molecule has 0 spiro atoms. The fraction of sp³-hybridized carbons (Fsp3) is 0.312. The van der Waals surface area contributed by atoms with Crippen molar-refractivity contribution in [2.75, 3.05) is 16.8 Å². The monoisotopic (exact) mass is 380 g/mol. The van der Waals surface area contributed by atoms with Crippen molar-refractivity contribution < 1.29 is 13.2 Å². The number of aromatic nitrogens is 2. The molecule has 0 radical (unpaired) electrons. The topological polar surface area (TPSA) is 101 Å². The van der Waals surface area contributed by atoms with Crippen LogP contribution in [0.3, 0.4) is 0 Å². The summed E-state index contributed by atoms with van der Waals surface area (Å²) in [6.45, 7) is 0.553. The summed E-state index contributed by atoms with van der Waals surface area (Å²) in [5.74, 6) is 0.207. The van der Waals surface area contributed by atoms with Gasteiger partial charge in [-0.3, -0.25) is 4.79 Å². The summed E-state index contributed by atoms with van der Waals surface area (Å²) in [6, 6.07) is 10.3. The van der Waals surface area contributed by atoms with E-state index in [9.17, 15) is 13.2 Å². The Morgan fingerprint density at radius 3 is 2.52 bits per heavy atom. The molecule has 2 aromatic rings. The zero-order valence-electron chi connectivity index (χ0n) is 13.3. The normalized spacial score (nSPS) is 18.7. The standard InChI is InChI=1S/C16H17ClN4O3S/c17-12-3-1-11(2-4-12)9-18-15-6-5-14(20-21-15)16(22)19-13-7-8-25(23,24)10-13/h1-6,13H,7-10H2,(H,18,21)(H,19,22). The number of hydrogen-bond acceptors (Lipinski definition) is 6. The maximum atomic E-state index is 12.1. The van der Waals surface area contributed by atoms with E-state index >= 15 is 0 Å². The average Bonchev–Trinajstić information content (AvgIpc) is 2.93. The summed E-state index contributed by atoms with van der Waals surface area (Å²) in [4.78, 5) is 12.1. The van der Waals surface area contributed by atoms with Gasteiger partial charge in [-0.1, -0.05) is 23.7 Å². The van der Waals surface area contributed by atoms with Crippen LogP contribution in [0.4, 0.5) is 5.82 Å². The molecular weight excluding hydrogens is 364 g/mol. The molecule has 1 fully saturated rings. The molecule has 0 bridgehead atoms. The highest BCUT2D eigenvalue weighted by Crippen LogP contribution is 2.13. The molecule has 1 saturated heterocycles. The zero-order valence-corrected chi connectivity index (χ0v) is 14.8. The lowest BCUT2D eigenvalue weighted by Gasteiger charge is -2.10. The maximum Gasteiger partial charge on any atom is 0.272 e. The van der Waals surface area contributed by atoms with Crippen LogP contribution in [0, 0.1) is 0 Å². The van der Waals surface area contributed by atoms with E-state index < -0.39 is 15.7 Å². The first-order chi connectivity index (χ1) is 11.9. The van der Waals surface area contributed by atoms with E-state index in [1.54, 1.807) is 24.3 Å². The Labute approximate surface area is 150 Å². The fourth-order valence-electron chi connectivity index (χ4n) is 2.51. The van der Waals surface area contributed by atoms with E-state index in [1.165, 1.54) is 0 Å². The summed E-state index contributed by atoms with van der Waals surface area (Å²) in [6.07, 6.45) is 0.433. The number of sulfone groups is 1. The number of benzene rings is 1. The van der Waals surface area contributed by atoms with Crippen LogP contribution in [0.15, 0.2) is 36.4 Å². The molecule has 9 heteroatoms. The highest BCUT2D eigenvalue weighted by molar-refractivity contribution is 7.91. The second-order valence-corrected chi connectivity index (χ2v) is 8.52. The van der Waals surface area contributed by atoms with Gasteiger partial charge >= 0.3 is 0 Å². The summed E-state index contributed by atoms with van der Waals surface area (Å²) in [5.41, 5.74) is 1.19. The van der Waals surface area contributed by atoms with E-state index in [1.807, 2.05) is 12.1 Å². The van der Waals surface area contributed by atoms with Crippen LogP contribution in [0.25, 0.3) is 0 Å². The van der Waals surface area contributed by atoms with Crippen LogP contribution in [0.5, 0.6) is 0 Å². The van der Waals surface area contributed by atoms with Gasteiger partial charge in [-0.2, -0.15) is 0 Å². The lowest BCUT2D eigenvalue weighted by Crippen LogP contribution is -2.36. The van der Waals surface area contributed by atoms with Gasteiger partial charge in [0.05, 0.1) is 11.5 Å². The molecule has 2 N–H and O–H groups in total. The summed E-state index contributed by atoms with van der Waals surface area (Å²) < 4.78 is 22.8. The minimum atomic E-state index is -3.04. The molecule has 0 aliphatic carbocycles. The number of hydrogen-bond donors (Lipinski definition) is 2. The predicted molar refractivity (Wildman–Crippen MR) is 95.3 cm³/mol. The van der Waals surface area contributed by atoms with Gasteiger partial charge < -0.3 is 10.6 Å². The zero-order chi connectivity index (χ0) is 17.9. The summed E-state index contributed by atoms with van der Waals surface area (Å²) in [7, 11) is -3.04. The van der Waals surface area contributed by atoms with Crippen LogP contribution in [-0.4, -0.2) is 42.1 Å². The van der Waals surface area contributed by atoms with Crippen molar-refractivity contribution in [3.8, 4) is 0 Å². The second-order valence-electron chi connectivity index (χ2n) is 5.86. The van der Waals surface area contributed by atoms with Gasteiger partial charge in [-0.25, -0.2) is 8.42 Å². The van der Waals surface area contributed by atoms with Crippen molar-refractivity contribution in [3.63, 3.8) is 0 Å². The van der Waals surface area contributed by atoms with Crippen molar-refractivity contribution in [3.05, 3.63) is 52.7 Å². The summed E-state index contributed by atoms with van der Waals surface area (Å²) >= 11 is 5.84. The van der Waals surface area contributed by atoms with Gasteiger partial charge in [-0.05, 0) is 36.2 Å². The van der Waals surface area contributed by atoms with Gasteiger partial charge in [0.15, 0.2) is 15.5 Å². The van der Waals surface area contributed by atoms with Crippen LogP contribution in [0.1, 0.15) is 22.5 Å². The molecule has 7 nitrogen and oxygen atoms in total. The molecule has 1 aromatic carbocycles. The molecule has 1 unspecified atom stereocenters. The molecule has 132 valence electrons. The Balaban J connectivity index is 1.54. The molecule has 25 heavy (non-hydrogen) atoms. The number of carbonyl (C=O) groups excluding carboxylic acids is 1. The quantitative estimate of drug-likeness (QED) is 0.818. The van der Waals surface area contributed by atoms with Gasteiger partial charge in [-0.15, -0.1) is 10.2 Å². The first-order valence-corrected chi connectivity index (χ1v) is 9.94. The van der Waals surface area contributed by atoms with Crippen molar-refractivity contribution in [2.24, 2.45) is 0 Å². The Hall–Kier alpha value is -2.19. The molecule has 2 heterocycles. The number of rotatable bonds is 5. The summed E-state index contributed by atoms with van der Waals surface area (Å²) in [5, 5.41) is 14.3. The van der Waals surface area contributed by atoms with E-state index in [4.69, 9.17) is 11.6 Å². The number of carbonyl (C=O) groups is 1. The number of halogens is 1. The van der Waals surface area contributed by atoms with Gasteiger partial charge in [0.1, 0.15) is 5.82 Å². The lowest BCUT2D eigenvalue weighted by molar-refractivity contribution is 0.0935. The smallest absolute Gasteiger partial charge is 0.272 e. The van der Waals surface area contributed by atoms with Crippen LogP contribution in [0.2, 0.25) is 5.02 Å². The molecule has 3 rings (SSSR count). The maximum absolute atomic E-state index is 12.1. The van der Waals surface area contributed by atoms with Gasteiger partial charge in [0.2, 0.25) is 0 Å². The van der Waals surface area contributed by atoms with Crippen LogP contribution < -0.4 is 10.6 Å². The second kappa shape index (κ2) is 7.37. The Bertz CT molecular complexity index is 854. The molecule has 1 aliphatic heterocycles. The van der Waals surface area contributed by atoms with E-state index in [-0.39, 0.29) is 23.2 Å². The van der Waals surface area contributed by atoms with Crippen molar-refractivity contribution >= 4 is 33.2 Å². The minimum absolute atomic E-state index is 0.0209. The number of nitrogens with zero attached hydrogens (tertiary/aromatic N) is 2. The molecule has 1 aromatic heterocycles. The Morgan fingerprint density at radius 1 is 1.16 bits per heavy atom. The third kappa shape index (κ3) is 4.90. The fourth-order valence-corrected chi connectivity index (χ4v) is 4.31. The van der Waals surface area contributed by atoms with E-state index in [0.29, 0.717) is 23.8 Å². The predicted octanol–water partition coefficient (Wildman–Crippen LogP) is 1.66. The Morgan fingerprint density at radius 2 is 1.92 bits per heavy atom. The third-order valence-electron chi connectivity index (χ3n) is 3.85. The molecular formula is C16H17ClN4O3S. The Kier molecular flexibility index (Phi) is 5.19. The molecule has 1 aliphatic rings.